The first-order chi connectivity index (χ1) is 6.79. The average molecular weight is 202 g/mol. The Morgan fingerprint density at radius 3 is 2.43 bits per heavy atom. The summed E-state index contributed by atoms with van der Waals surface area (Å²) in [6, 6.07) is 12.3. The molecule has 1 fully saturated rings. The normalized spacial score (nSPS) is 19.8. The molecule has 2 rings (SSSR count). The van der Waals surface area contributed by atoms with E-state index in [0.717, 1.165) is 9.52 Å². The molecule has 0 spiro atoms. The van der Waals surface area contributed by atoms with E-state index in [0.29, 0.717) is 5.41 Å². The summed E-state index contributed by atoms with van der Waals surface area (Å²) in [5, 5.41) is 1.53. The van der Waals surface area contributed by atoms with Gasteiger partial charge in [-0.15, -0.1) is 0 Å². The van der Waals surface area contributed by atoms with Crippen LogP contribution in [0.1, 0.15) is 32.6 Å². The van der Waals surface area contributed by atoms with Crippen molar-refractivity contribution in [2.24, 2.45) is 5.41 Å². The van der Waals surface area contributed by atoms with Crippen molar-refractivity contribution >= 4 is 14.7 Å². The third kappa shape index (κ3) is 2.47. The summed E-state index contributed by atoms with van der Waals surface area (Å²) in [4.78, 5) is 0. The molecule has 1 aliphatic rings. The summed E-state index contributed by atoms with van der Waals surface area (Å²) in [5.41, 5.74) is 0.661. The van der Waals surface area contributed by atoms with Crippen molar-refractivity contribution in [3.05, 3.63) is 30.3 Å². The monoisotopic (exact) mass is 202 g/mol. The predicted octanol–water partition coefficient (Wildman–Crippen LogP) is 3.01. The Morgan fingerprint density at radius 2 is 1.79 bits per heavy atom. The van der Waals surface area contributed by atoms with E-state index in [1.54, 1.807) is 0 Å². The quantitative estimate of drug-likeness (QED) is 0.661. The lowest BCUT2D eigenvalue weighted by molar-refractivity contribution is 0.381. The van der Waals surface area contributed by atoms with Crippen LogP contribution in [-0.2, 0) is 0 Å². The van der Waals surface area contributed by atoms with Gasteiger partial charge in [-0.25, -0.2) is 0 Å². The van der Waals surface area contributed by atoms with Gasteiger partial charge in [-0.3, -0.25) is 0 Å². The number of benzene rings is 1. The summed E-state index contributed by atoms with van der Waals surface area (Å²) in [7, 11) is 1.01. The van der Waals surface area contributed by atoms with Gasteiger partial charge in [0.25, 0.3) is 0 Å². The second kappa shape index (κ2) is 4.31. The van der Waals surface area contributed by atoms with Crippen LogP contribution in [0.5, 0.6) is 0 Å². The maximum atomic E-state index is 2.47. The molecular formula is C13H18Si. The van der Waals surface area contributed by atoms with Crippen molar-refractivity contribution in [3.8, 4) is 0 Å². The molecule has 0 aromatic heterocycles. The molecule has 1 aromatic carbocycles. The van der Waals surface area contributed by atoms with Crippen LogP contribution < -0.4 is 5.19 Å². The summed E-state index contributed by atoms with van der Waals surface area (Å²) in [6.45, 7) is 2.47. The van der Waals surface area contributed by atoms with E-state index < -0.39 is 0 Å². The molecule has 2 radical (unpaired) electrons. The molecule has 0 bridgehead atoms. The molecule has 0 nitrogen and oxygen atoms in total. The van der Waals surface area contributed by atoms with Crippen molar-refractivity contribution in [3.63, 3.8) is 0 Å². The topological polar surface area (TPSA) is 0 Å². The first-order valence-corrected chi connectivity index (χ1v) is 6.78. The van der Waals surface area contributed by atoms with Crippen LogP contribution in [0, 0.1) is 5.41 Å². The van der Waals surface area contributed by atoms with Crippen LogP contribution in [0.4, 0.5) is 0 Å². The van der Waals surface area contributed by atoms with Crippen LogP contribution in [0.3, 0.4) is 0 Å². The van der Waals surface area contributed by atoms with Crippen molar-refractivity contribution in [1.82, 2.24) is 0 Å². The van der Waals surface area contributed by atoms with Gasteiger partial charge in [-0.1, -0.05) is 61.3 Å². The highest BCUT2D eigenvalue weighted by molar-refractivity contribution is 6.53. The largest absolute Gasteiger partial charge is 0.0813 e. The van der Waals surface area contributed by atoms with Gasteiger partial charge in [0.2, 0.25) is 0 Å². The molecular weight excluding hydrogens is 184 g/mol. The number of rotatable bonds is 3. The Hall–Kier alpha value is -0.563. The zero-order valence-corrected chi connectivity index (χ0v) is 9.92. The highest BCUT2D eigenvalue weighted by Gasteiger charge is 2.27. The molecule has 0 atom stereocenters. The van der Waals surface area contributed by atoms with Gasteiger partial charge in [0.05, 0.1) is 9.52 Å². The van der Waals surface area contributed by atoms with Gasteiger partial charge >= 0.3 is 0 Å². The smallest absolute Gasteiger partial charge is 0.0642 e. The molecule has 1 saturated carbocycles. The maximum absolute atomic E-state index is 2.47. The van der Waals surface area contributed by atoms with Crippen LogP contribution in [-0.4, -0.2) is 9.52 Å². The molecule has 14 heavy (non-hydrogen) atoms. The molecule has 0 amide bonds. The lowest BCUT2D eigenvalue weighted by atomic mass is 9.92. The summed E-state index contributed by atoms with van der Waals surface area (Å²) in [5.74, 6) is 0. The Morgan fingerprint density at radius 1 is 1.14 bits per heavy atom. The summed E-state index contributed by atoms with van der Waals surface area (Å²) < 4.78 is 0. The molecule has 0 aliphatic heterocycles. The van der Waals surface area contributed by atoms with E-state index in [4.69, 9.17) is 0 Å². The van der Waals surface area contributed by atoms with Crippen molar-refractivity contribution < 1.29 is 0 Å². The van der Waals surface area contributed by atoms with E-state index >= 15 is 0 Å². The van der Waals surface area contributed by atoms with Gasteiger partial charge < -0.3 is 0 Å². The minimum absolute atomic E-state index is 0.661. The fourth-order valence-corrected chi connectivity index (χ4v) is 3.69. The second-order valence-corrected chi connectivity index (χ2v) is 6.02. The molecule has 0 heterocycles. The number of hydrogen-bond donors (Lipinski definition) is 0. The van der Waals surface area contributed by atoms with Crippen LogP contribution in [0.25, 0.3) is 0 Å². The lowest BCUT2D eigenvalue weighted by Crippen LogP contribution is -2.21. The van der Waals surface area contributed by atoms with E-state index in [1.165, 1.54) is 36.9 Å². The Kier molecular flexibility index (Phi) is 3.07. The fraction of sp³-hybridized carbons (Fsp3) is 0.538. The standard InChI is InChI=1S/C13H18Si/c1-13(9-5-6-10-13)11-14-12-7-3-2-4-8-12/h2-4,7-8H,5-6,9-11H2,1H3. The zero-order chi connectivity index (χ0) is 9.86. The second-order valence-electron chi connectivity index (χ2n) is 4.74. The van der Waals surface area contributed by atoms with Gasteiger partial charge in [0.1, 0.15) is 0 Å². The van der Waals surface area contributed by atoms with Crippen LogP contribution >= 0.6 is 0 Å². The van der Waals surface area contributed by atoms with Gasteiger partial charge in [0, 0.05) is 0 Å². The highest BCUT2D eigenvalue weighted by atomic mass is 28.2. The fourth-order valence-electron chi connectivity index (χ4n) is 2.28. The van der Waals surface area contributed by atoms with E-state index in [1.807, 2.05) is 0 Å². The van der Waals surface area contributed by atoms with Crippen LogP contribution in [0.15, 0.2) is 30.3 Å². The Bertz CT molecular complexity index is 273. The minimum Gasteiger partial charge on any atom is -0.0642 e. The minimum atomic E-state index is 0.661. The highest BCUT2D eigenvalue weighted by Crippen LogP contribution is 2.40. The molecule has 0 N–H and O–H groups in total. The summed E-state index contributed by atoms with van der Waals surface area (Å²) in [6.07, 6.45) is 5.81. The first-order valence-electron chi connectivity index (χ1n) is 5.57. The predicted molar refractivity (Wildman–Crippen MR) is 63.2 cm³/mol. The first kappa shape index (κ1) is 9.97. The van der Waals surface area contributed by atoms with Crippen molar-refractivity contribution in [1.29, 1.82) is 0 Å². The van der Waals surface area contributed by atoms with Crippen LogP contribution in [0.2, 0.25) is 6.04 Å². The van der Waals surface area contributed by atoms with Gasteiger partial charge in [-0.2, -0.15) is 0 Å². The van der Waals surface area contributed by atoms with E-state index in [9.17, 15) is 0 Å². The Labute approximate surface area is 89.6 Å². The summed E-state index contributed by atoms with van der Waals surface area (Å²) >= 11 is 0. The van der Waals surface area contributed by atoms with Crippen molar-refractivity contribution in [2.45, 2.75) is 38.7 Å². The van der Waals surface area contributed by atoms with Gasteiger partial charge in [-0.05, 0) is 18.3 Å². The SMILES string of the molecule is CC1(C[Si]c2ccccc2)CCCC1. The average Bonchev–Trinajstić information content (AvgIpc) is 2.65. The third-order valence-corrected chi connectivity index (χ3v) is 5.08. The molecule has 1 aromatic rings. The van der Waals surface area contributed by atoms with Crippen molar-refractivity contribution in [2.75, 3.05) is 0 Å². The molecule has 1 aliphatic carbocycles. The Balaban J connectivity index is 1.88. The molecule has 0 saturated heterocycles. The maximum Gasteiger partial charge on any atom is 0.0813 e. The van der Waals surface area contributed by atoms with Gasteiger partial charge in [0.15, 0.2) is 0 Å². The molecule has 0 unspecified atom stereocenters. The zero-order valence-electron chi connectivity index (χ0n) is 8.92. The van der Waals surface area contributed by atoms with E-state index in [-0.39, 0.29) is 0 Å². The molecule has 1 heteroatoms. The third-order valence-electron chi connectivity index (χ3n) is 3.30. The molecule has 74 valence electrons. The van der Waals surface area contributed by atoms with E-state index in [2.05, 4.69) is 37.3 Å². The lowest BCUT2D eigenvalue weighted by Gasteiger charge is -2.22. The number of hydrogen-bond acceptors (Lipinski definition) is 0.